The quantitative estimate of drug-likeness (QED) is 0.520. The summed E-state index contributed by atoms with van der Waals surface area (Å²) in [6.07, 6.45) is 5.09. The van der Waals surface area contributed by atoms with Gasteiger partial charge in [0.2, 0.25) is 0 Å². The summed E-state index contributed by atoms with van der Waals surface area (Å²) in [5.74, 6) is -0.678. The van der Waals surface area contributed by atoms with Crippen LogP contribution in [0.2, 0.25) is 0 Å². The molecule has 2 rings (SSSR count). The lowest BCUT2D eigenvalue weighted by molar-refractivity contribution is -0.139. The number of hydrogen-bond acceptors (Lipinski definition) is 3. The van der Waals surface area contributed by atoms with Gasteiger partial charge in [0, 0.05) is 13.0 Å². The Hall–Kier alpha value is -2.10. The number of nitrogens with one attached hydrogen (secondary N) is 1. The number of cyclic esters (lactones) is 1. The predicted octanol–water partition coefficient (Wildman–Crippen LogP) is 2.24. The second kappa shape index (κ2) is 5.90. The first-order valence-electron chi connectivity index (χ1n) is 6.77. The normalized spacial score (nSPS) is 21.4. The van der Waals surface area contributed by atoms with E-state index >= 15 is 0 Å². The van der Waals surface area contributed by atoms with Gasteiger partial charge < -0.3 is 10.1 Å². The number of fused-ring (bicyclic) bond motifs is 1. The van der Waals surface area contributed by atoms with Gasteiger partial charge in [-0.1, -0.05) is 30.4 Å². The second-order valence-electron chi connectivity index (χ2n) is 5.07. The molecule has 0 unspecified atom stereocenters. The van der Waals surface area contributed by atoms with Gasteiger partial charge in [-0.2, -0.15) is 0 Å². The highest BCUT2D eigenvalue weighted by molar-refractivity contribution is 5.97. The standard InChI is InChI=1S/C16H19NO3/c1-3-4-7-10-17-15(19)16(2)11-12-8-5-6-9-13(12)14(18)20-16/h3-6,8-9H,7,10-11H2,1-2H3,(H,17,19)/b4-3+/t16-/m0/s1. The molecule has 0 aromatic heterocycles. The summed E-state index contributed by atoms with van der Waals surface area (Å²) in [5, 5.41) is 2.81. The fourth-order valence-corrected chi connectivity index (χ4v) is 2.28. The van der Waals surface area contributed by atoms with Crippen molar-refractivity contribution < 1.29 is 14.3 Å². The molecule has 1 amide bonds. The Balaban J connectivity index is 2.09. The van der Waals surface area contributed by atoms with E-state index in [4.69, 9.17) is 4.74 Å². The fraction of sp³-hybridized carbons (Fsp3) is 0.375. The molecule has 4 heteroatoms. The van der Waals surface area contributed by atoms with E-state index in [0.717, 1.165) is 12.0 Å². The third-order valence-electron chi connectivity index (χ3n) is 3.40. The Morgan fingerprint density at radius 2 is 2.20 bits per heavy atom. The predicted molar refractivity (Wildman–Crippen MR) is 76.4 cm³/mol. The van der Waals surface area contributed by atoms with Gasteiger partial charge in [0.25, 0.3) is 5.91 Å². The Morgan fingerprint density at radius 1 is 1.45 bits per heavy atom. The van der Waals surface area contributed by atoms with Gasteiger partial charge in [-0.25, -0.2) is 4.79 Å². The van der Waals surface area contributed by atoms with Crippen LogP contribution >= 0.6 is 0 Å². The van der Waals surface area contributed by atoms with Gasteiger partial charge >= 0.3 is 5.97 Å². The molecule has 0 bridgehead atoms. The largest absolute Gasteiger partial charge is 0.445 e. The van der Waals surface area contributed by atoms with E-state index in [2.05, 4.69) is 5.32 Å². The molecule has 0 saturated heterocycles. The lowest BCUT2D eigenvalue weighted by Crippen LogP contribution is -2.51. The highest BCUT2D eigenvalue weighted by atomic mass is 16.6. The Labute approximate surface area is 118 Å². The van der Waals surface area contributed by atoms with Crippen LogP contribution in [0.4, 0.5) is 0 Å². The van der Waals surface area contributed by atoms with E-state index in [9.17, 15) is 9.59 Å². The number of benzene rings is 1. The van der Waals surface area contributed by atoms with E-state index in [-0.39, 0.29) is 5.91 Å². The van der Waals surface area contributed by atoms with Crippen molar-refractivity contribution in [3.05, 3.63) is 47.5 Å². The lowest BCUT2D eigenvalue weighted by atomic mass is 9.89. The molecule has 1 heterocycles. The van der Waals surface area contributed by atoms with Crippen molar-refractivity contribution in [1.82, 2.24) is 5.32 Å². The molecule has 0 aliphatic carbocycles. The number of carbonyl (C=O) groups is 2. The van der Waals surface area contributed by atoms with Crippen LogP contribution in [0.1, 0.15) is 36.2 Å². The molecule has 1 aromatic rings. The average molecular weight is 273 g/mol. The molecule has 1 aliphatic heterocycles. The zero-order valence-corrected chi connectivity index (χ0v) is 11.8. The van der Waals surface area contributed by atoms with Crippen molar-refractivity contribution in [3.8, 4) is 0 Å². The van der Waals surface area contributed by atoms with Crippen LogP contribution in [0, 0.1) is 0 Å². The SMILES string of the molecule is C/C=C/CCNC(=O)[C@]1(C)Cc2ccccc2C(=O)O1. The Kier molecular flexibility index (Phi) is 4.23. The molecule has 1 atom stereocenters. The van der Waals surface area contributed by atoms with Gasteiger partial charge in [-0.3, -0.25) is 4.79 Å². The third kappa shape index (κ3) is 2.90. The van der Waals surface area contributed by atoms with Crippen LogP contribution in [0.15, 0.2) is 36.4 Å². The Bertz CT molecular complexity index is 550. The zero-order chi connectivity index (χ0) is 14.6. The third-order valence-corrected chi connectivity index (χ3v) is 3.40. The number of carbonyl (C=O) groups excluding carboxylic acids is 2. The first kappa shape index (κ1) is 14.3. The molecule has 106 valence electrons. The molecule has 0 saturated carbocycles. The number of allylic oxidation sites excluding steroid dienone is 1. The number of hydrogen-bond donors (Lipinski definition) is 1. The average Bonchev–Trinajstić information content (AvgIpc) is 2.43. The summed E-state index contributed by atoms with van der Waals surface area (Å²) in [5.41, 5.74) is 0.281. The van der Waals surface area contributed by atoms with Gasteiger partial charge in [-0.05, 0) is 31.9 Å². The summed E-state index contributed by atoms with van der Waals surface area (Å²) in [6.45, 7) is 4.13. The number of amides is 1. The molecular formula is C16H19NO3. The van der Waals surface area contributed by atoms with Crippen molar-refractivity contribution in [2.75, 3.05) is 6.54 Å². The molecule has 1 N–H and O–H groups in total. The van der Waals surface area contributed by atoms with Gasteiger partial charge in [0.15, 0.2) is 5.60 Å². The molecule has 1 aliphatic rings. The topological polar surface area (TPSA) is 55.4 Å². The van der Waals surface area contributed by atoms with Crippen molar-refractivity contribution in [1.29, 1.82) is 0 Å². The van der Waals surface area contributed by atoms with Crippen LogP contribution in [-0.2, 0) is 16.0 Å². The molecule has 20 heavy (non-hydrogen) atoms. The highest BCUT2D eigenvalue weighted by Crippen LogP contribution is 2.28. The molecule has 4 nitrogen and oxygen atoms in total. The van der Waals surface area contributed by atoms with Gasteiger partial charge in [0.05, 0.1) is 5.56 Å². The van der Waals surface area contributed by atoms with Crippen LogP contribution in [0.25, 0.3) is 0 Å². The van der Waals surface area contributed by atoms with Gasteiger partial charge in [0.1, 0.15) is 0 Å². The maximum Gasteiger partial charge on any atom is 0.339 e. The van der Waals surface area contributed by atoms with E-state index in [0.29, 0.717) is 18.5 Å². The fourth-order valence-electron chi connectivity index (χ4n) is 2.28. The summed E-state index contributed by atoms with van der Waals surface area (Å²) in [4.78, 5) is 24.2. The lowest BCUT2D eigenvalue weighted by Gasteiger charge is -2.33. The van der Waals surface area contributed by atoms with Crippen molar-refractivity contribution in [2.45, 2.75) is 32.3 Å². The van der Waals surface area contributed by atoms with Crippen LogP contribution < -0.4 is 5.32 Å². The van der Waals surface area contributed by atoms with E-state index < -0.39 is 11.6 Å². The number of ether oxygens (including phenoxy) is 1. The van der Waals surface area contributed by atoms with Crippen molar-refractivity contribution >= 4 is 11.9 Å². The van der Waals surface area contributed by atoms with Crippen LogP contribution in [0.3, 0.4) is 0 Å². The second-order valence-corrected chi connectivity index (χ2v) is 5.07. The van der Waals surface area contributed by atoms with Crippen LogP contribution in [-0.4, -0.2) is 24.0 Å². The van der Waals surface area contributed by atoms with E-state index in [1.165, 1.54) is 0 Å². The minimum absolute atomic E-state index is 0.246. The highest BCUT2D eigenvalue weighted by Gasteiger charge is 2.42. The van der Waals surface area contributed by atoms with E-state index in [1.807, 2.05) is 31.2 Å². The first-order chi connectivity index (χ1) is 9.57. The monoisotopic (exact) mass is 273 g/mol. The molecule has 1 aromatic carbocycles. The van der Waals surface area contributed by atoms with E-state index in [1.54, 1.807) is 19.1 Å². The zero-order valence-electron chi connectivity index (χ0n) is 11.8. The maximum absolute atomic E-state index is 12.2. The molecule has 0 spiro atoms. The minimum Gasteiger partial charge on any atom is -0.445 e. The number of esters is 1. The summed E-state index contributed by atoms with van der Waals surface area (Å²) in [7, 11) is 0. The van der Waals surface area contributed by atoms with Crippen LogP contribution in [0.5, 0.6) is 0 Å². The first-order valence-corrected chi connectivity index (χ1v) is 6.77. The summed E-state index contributed by atoms with van der Waals surface area (Å²) < 4.78 is 5.35. The molecule has 0 radical (unpaired) electrons. The minimum atomic E-state index is -1.12. The molecular weight excluding hydrogens is 254 g/mol. The summed E-state index contributed by atoms with van der Waals surface area (Å²) >= 11 is 0. The smallest absolute Gasteiger partial charge is 0.339 e. The number of rotatable bonds is 4. The van der Waals surface area contributed by atoms with Crippen molar-refractivity contribution in [2.24, 2.45) is 0 Å². The van der Waals surface area contributed by atoms with Gasteiger partial charge in [-0.15, -0.1) is 0 Å². The van der Waals surface area contributed by atoms with Crippen molar-refractivity contribution in [3.63, 3.8) is 0 Å². The Morgan fingerprint density at radius 3 is 2.95 bits per heavy atom. The maximum atomic E-state index is 12.2. The molecule has 0 fully saturated rings. The summed E-state index contributed by atoms with van der Waals surface area (Å²) in [6, 6.07) is 7.24.